The van der Waals surface area contributed by atoms with Crippen molar-refractivity contribution in [2.24, 2.45) is 0 Å². The standard InChI is InChI=1S/C23H23N3OS/c1-16-11-12-21(17(2)13-16)26-23(28)25-20-10-6-9-19(14-20)22(27)24-15-18-7-4-3-5-8-18/h3-14H,15H2,1-2H3,(H,24,27)(H2,25,26,28). The Kier molecular flexibility index (Phi) is 6.40. The zero-order chi connectivity index (χ0) is 19.9. The summed E-state index contributed by atoms with van der Waals surface area (Å²) in [5, 5.41) is 9.76. The molecule has 0 spiro atoms. The van der Waals surface area contributed by atoms with Crippen LogP contribution in [0.3, 0.4) is 0 Å². The van der Waals surface area contributed by atoms with Crippen LogP contribution < -0.4 is 16.0 Å². The molecule has 0 aromatic heterocycles. The quantitative estimate of drug-likeness (QED) is 0.535. The number of carbonyl (C=O) groups excluding carboxylic acids is 1. The number of hydrogen-bond donors (Lipinski definition) is 3. The number of carbonyl (C=O) groups is 1. The van der Waals surface area contributed by atoms with Gasteiger partial charge in [0, 0.05) is 23.5 Å². The molecule has 0 atom stereocenters. The van der Waals surface area contributed by atoms with Crippen molar-refractivity contribution < 1.29 is 4.79 Å². The van der Waals surface area contributed by atoms with Gasteiger partial charge in [-0.25, -0.2) is 0 Å². The molecule has 142 valence electrons. The van der Waals surface area contributed by atoms with E-state index in [9.17, 15) is 4.79 Å². The van der Waals surface area contributed by atoms with Gasteiger partial charge < -0.3 is 16.0 Å². The Labute approximate surface area is 171 Å². The Morgan fingerprint density at radius 2 is 1.68 bits per heavy atom. The third-order valence-corrected chi connectivity index (χ3v) is 4.51. The van der Waals surface area contributed by atoms with Gasteiger partial charge in [-0.3, -0.25) is 4.79 Å². The summed E-state index contributed by atoms with van der Waals surface area (Å²) in [4.78, 5) is 12.4. The Hall–Kier alpha value is -3.18. The Bertz CT molecular complexity index is 986. The normalized spacial score (nSPS) is 10.2. The largest absolute Gasteiger partial charge is 0.348 e. The predicted octanol–water partition coefficient (Wildman–Crippen LogP) is 5.04. The summed E-state index contributed by atoms with van der Waals surface area (Å²) in [5.74, 6) is -0.124. The first-order chi connectivity index (χ1) is 13.5. The number of anilines is 2. The molecule has 3 N–H and O–H groups in total. The van der Waals surface area contributed by atoms with Crippen molar-refractivity contribution in [3.05, 3.63) is 95.1 Å². The van der Waals surface area contributed by atoms with Crippen LogP contribution in [0.15, 0.2) is 72.8 Å². The van der Waals surface area contributed by atoms with Gasteiger partial charge in [0.25, 0.3) is 5.91 Å². The average molecular weight is 390 g/mol. The van der Waals surface area contributed by atoms with E-state index in [2.05, 4.69) is 28.9 Å². The van der Waals surface area contributed by atoms with E-state index in [1.165, 1.54) is 5.56 Å². The summed E-state index contributed by atoms with van der Waals surface area (Å²) in [6, 6.07) is 23.3. The number of aryl methyl sites for hydroxylation is 2. The van der Waals surface area contributed by atoms with Crippen LogP contribution in [0.4, 0.5) is 11.4 Å². The summed E-state index contributed by atoms with van der Waals surface area (Å²) >= 11 is 5.41. The fourth-order valence-electron chi connectivity index (χ4n) is 2.86. The highest BCUT2D eigenvalue weighted by Gasteiger charge is 2.07. The lowest BCUT2D eigenvalue weighted by Gasteiger charge is -2.14. The number of benzene rings is 3. The first kappa shape index (κ1) is 19.6. The molecule has 0 aliphatic carbocycles. The van der Waals surface area contributed by atoms with Gasteiger partial charge in [0.15, 0.2) is 5.11 Å². The van der Waals surface area contributed by atoms with Gasteiger partial charge in [-0.1, -0.05) is 54.1 Å². The smallest absolute Gasteiger partial charge is 0.251 e. The minimum Gasteiger partial charge on any atom is -0.348 e. The highest BCUT2D eigenvalue weighted by Crippen LogP contribution is 2.17. The summed E-state index contributed by atoms with van der Waals surface area (Å²) < 4.78 is 0. The van der Waals surface area contributed by atoms with E-state index in [1.54, 1.807) is 12.1 Å². The summed E-state index contributed by atoms with van der Waals surface area (Å²) in [5.41, 5.74) is 5.68. The van der Waals surface area contributed by atoms with Crippen molar-refractivity contribution in [3.8, 4) is 0 Å². The fourth-order valence-corrected chi connectivity index (χ4v) is 3.08. The fraction of sp³-hybridized carbons (Fsp3) is 0.130. The predicted molar refractivity (Wildman–Crippen MR) is 120 cm³/mol. The van der Waals surface area contributed by atoms with E-state index in [0.29, 0.717) is 17.2 Å². The molecule has 3 rings (SSSR count). The van der Waals surface area contributed by atoms with E-state index < -0.39 is 0 Å². The number of amides is 1. The van der Waals surface area contributed by atoms with E-state index >= 15 is 0 Å². The van der Waals surface area contributed by atoms with E-state index in [0.717, 1.165) is 22.5 Å². The van der Waals surface area contributed by atoms with Crippen molar-refractivity contribution in [1.82, 2.24) is 5.32 Å². The molecule has 28 heavy (non-hydrogen) atoms. The highest BCUT2D eigenvalue weighted by molar-refractivity contribution is 7.80. The summed E-state index contributed by atoms with van der Waals surface area (Å²) in [6.45, 7) is 4.58. The average Bonchev–Trinajstić information content (AvgIpc) is 2.69. The van der Waals surface area contributed by atoms with Crippen LogP contribution in [0, 0.1) is 13.8 Å². The molecule has 0 heterocycles. The molecule has 0 bridgehead atoms. The summed E-state index contributed by atoms with van der Waals surface area (Å²) in [7, 11) is 0. The molecule has 0 saturated heterocycles. The first-order valence-corrected chi connectivity index (χ1v) is 9.49. The number of thiocarbonyl (C=S) groups is 1. The monoisotopic (exact) mass is 389 g/mol. The summed E-state index contributed by atoms with van der Waals surface area (Å²) in [6.07, 6.45) is 0. The molecule has 0 saturated carbocycles. The van der Waals surface area contributed by atoms with Crippen molar-refractivity contribution in [2.75, 3.05) is 10.6 Å². The molecule has 1 amide bonds. The van der Waals surface area contributed by atoms with Crippen LogP contribution in [0.2, 0.25) is 0 Å². The lowest BCUT2D eigenvalue weighted by molar-refractivity contribution is 0.0951. The highest BCUT2D eigenvalue weighted by atomic mass is 32.1. The van der Waals surface area contributed by atoms with Gasteiger partial charge in [-0.05, 0) is 61.5 Å². The second-order valence-corrected chi connectivity index (χ2v) is 7.05. The molecule has 4 nitrogen and oxygen atoms in total. The molecule has 5 heteroatoms. The number of rotatable bonds is 5. The maximum atomic E-state index is 12.4. The molecule has 0 aliphatic rings. The number of nitrogens with one attached hydrogen (secondary N) is 3. The third kappa shape index (κ3) is 5.41. The third-order valence-electron chi connectivity index (χ3n) is 4.31. The van der Waals surface area contributed by atoms with Crippen molar-refractivity contribution in [3.63, 3.8) is 0 Å². The molecular weight excluding hydrogens is 366 g/mol. The van der Waals surface area contributed by atoms with Gasteiger partial charge in [0.05, 0.1) is 0 Å². The van der Waals surface area contributed by atoms with Crippen molar-refractivity contribution in [2.45, 2.75) is 20.4 Å². The molecule has 0 fully saturated rings. The second kappa shape index (κ2) is 9.15. The van der Waals surface area contributed by atoms with Crippen LogP contribution in [0.1, 0.15) is 27.0 Å². The van der Waals surface area contributed by atoms with Crippen LogP contribution in [0.25, 0.3) is 0 Å². The first-order valence-electron chi connectivity index (χ1n) is 9.09. The lowest BCUT2D eigenvalue weighted by atomic mass is 10.1. The van der Waals surface area contributed by atoms with Crippen LogP contribution in [-0.4, -0.2) is 11.0 Å². The zero-order valence-electron chi connectivity index (χ0n) is 16.0. The maximum absolute atomic E-state index is 12.4. The zero-order valence-corrected chi connectivity index (χ0v) is 16.8. The van der Waals surface area contributed by atoms with Gasteiger partial charge in [0.1, 0.15) is 0 Å². The molecule has 0 radical (unpaired) electrons. The Morgan fingerprint density at radius 1 is 0.893 bits per heavy atom. The van der Waals surface area contributed by atoms with Gasteiger partial charge >= 0.3 is 0 Å². The SMILES string of the molecule is Cc1ccc(NC(=S)Nc2cccc(C(=O)NCc3ccccc3)c2)c(C)c1. The Balaban J connectivity index is 1.60. The molecule has 3 aromatic carbocycles. The number of hydrogen-bond acceptors (Lipinski definition) is 2. The lowest BCUT2D eigenvalue weighted by Crippen LogP contribution is -2.23. The van der Waals surface area contributed by atoms with E-state index in [4.69, 9.17) is 12.2 Å². The topological polar surface area (TPSA) is 53.2 Å². The van der Waals surface area contributed by atoms with Crippen molar-refractivity contribution in [1.29, 1.82) is 0 Å². The maximum Gasteiger partial charge on any atom is 0.251 e. The van der Waals surface area contributed by atoms with E-state index in [-0.39, 0.29) is 5.91 Å². The van der Waals surface area contributed by atoms with Gasteiger partial charge in [-0.2, -0.15) is 0 Å². The van der Waals surface area contributed by atoms with Crippen LogP contribution in [0.5, 0.6) is 0 Å². The second-order valence-electron chi connectivity index (χ2n) is 6.65. The van der Waals surface area contributed by atoms with Crippen molar-refractivity contribution >= 4 is 34.6 Å². The minimum atomic E-state index is -0.124. The molecular formula is C23H23N3OS. The Morgan fingerprint density at radius 3 is 2.43 bits per heavy atom. The van der Waals surface area contributed by atoms with E-state index in [1.807, 2.05) is 61.5 Å². The van der Waals surface area contributed by atoms with Crippen LogP contribution >= 0.6 is 12.2 Å². The molecule has 0 aliphatic heterocycles. The van der Waals surface area contributed by atoms with Gasteiger partial charge in [0.2, 0.25) is 0 Å². The molecule has 0 unspecified atom stereocenters. The molecule has 3 aromatic rings. The van der Waals surface area contributed by atoms with Gasteiger partial charge in [-0.15, -0.1) is 0 Å². The minimum absolute atomic E-state index is 0.124. The van der Waals surface area contributed by atoms with Crippen LogP contribution in [-0.2, 0) is 6.54 Å².